The van der Waals surface area contributed by atoms with Crippen molar-refractivity contribution in [3.8, 4) is 17.0 Å². The Morgan fingerprint density at radius 2 is 2.19 bits per heavy atom. The fourth-order valence-electron chi connectivity index (χ4n) is 3.08. The van der Waals surface area contributed by atoms with E-state index < -0.39 is 12.0 Å². The van der Waals surface area contributed by atoms with E-state index in [1.54, 1.807) is 18.3 Å². The molecule has 7 heteroatoms. The van der Waals surface area contributed by atoms with E-state index in [0.29, 0.717) is 18.0 Å². The first kappa shape index (κ1) is 19.4. The first-order chi connectivity index (χ1) is 12.9. The smallest absolute Gasteiger partial charge is 0.328 e. The maximum absolute atomic E-state index is 12.5. The van der Waals surface area contributed by atoms with E-state index in [4.69, 9.17) is 9.47 Å². The van der Waals surface area contributed by atoms with Crippen molar-refractivity contribution >= 4 is 28.9 Å². The van der Waals surface area contributed by atoms with Gasteiger partial charge in [0.1, 0.15) is 11.8 Å². The van der Waals surface area contributed by atoms with E-state index in [1.807, 2.05) is 39.0 Å². The summed E-state index contributed by atoms with van der Waals surface area (Å²) in [5.41, 5.74) is 2.36. The lowest BCUT2D eigenvalue weighted by Gasteiger charge is -2.33. The second kappa shape index (κ2) is 8.08. The molecule has 0 radical (unpaired) electrons. The molecule has 0 spiro atoms. The minimum absolute atomic E-state index is 0.0895. The number of hydrogen-bond donors (Lipinski definition) is 0. The Morgan fingerprint density at radius 3 is 2.85 bits per heavy atom. The zero-order valence-corrected chi connectivity index (χ0v) is 16.9. The number of amides is 1. The number of rotatable bonds is 6. The zero-order valence-electron chi connectivity index (χ0n) is 16.1. The highest BCUT2D eigenvalue weighted by Gasteiger charge is 2.34. The van der Waals surface area contributed by atoms with Gasteiger partial charge < -0.3 is 9.47 Å². The number of hydrogen-bond acceptors (Lipinski definition) is 6. The minimum atomic E-state index is -0.717. The maximum atomic E-state index is 12.5. The van der Waals surface area contributed by atoms with Gasteiger partial charge in [-0.25, -0.2) is 9.78 Å². The Kier molecular flexibility index (Phi) is 5.79. The van der Waals surface area contributed by atoms with Gasteiger partial charge in [-0.05, 0) is 45.4 Å². The van der Waals surface area contributed by atoms with Crippen molar-refractivity contribution in [1.82, 2.24) is 4.98 Å². The number of esters is 1. The van der Waals surface area contributed by atoms with E-state index >= 15 is 0 Å². The van der Waals surface area contributed by atoms with E-state index in [2.05, 4.69) is 4.98 Å². The standard InChI is InChI=1S/C20H24N2O4S/c1-5-6-9-25-20(24)12(2)22-16-10-15(19-13(3)27-14(4)21-19)7-8-17(16)26-11-18(22)23/h7-8,10,12H,5-6,9,11H2,1-4H3. The second-order valence-electron chi connectivity index (χ2n) is 6.57. The van der Waals surface area contributed by atoms with Crippen LogP contribution in [0.25, 0.3) is 11.3 Å². The van der Waals surface area contributed by atoms with Crippen molar-refractivity contribution in [2.24, 2.45) is 0 Å². The zero-order chi connectivity index (χ0) is 19.6. The number of aromatic nitrogens is 1. The number of aryl methyl sites for hydroxylation is 2. The molecule has 0 aliphatic carbocycles. The molecule has 1 aromatic heterocycles. The average Bonchev–Trinajstić information content (AvgIpc) is 2.99. The topological polar surface area (TPSA) is 68.7 Å². The van der Waals surface area contributed by atoms with Gasteiger partial charge in [0.05, 0.1) is 23.0 Å². The molecule has 2 aromatic rings. The molecule has 1 aliphatic heterocycles. The van der Waals surface area contributed by atoms with Gasteiger partial charge in [0, 0.05) is 10.4 Å². The molecule has 0 saturated carbocycles. The molecule has 1 aliphatic rings. The first-order valence-corrected chi connectivity index (χ1v) is 9.94. The van der Waals surface area contributed by atoms with Crippen LogP contribution in [-0.4, -0.2) is 36.1 Å². The molecular weight excluding hydrogens is 364 g/mol. The third-order valence-corrected chi connectivity index (χ3v) is 5.37. The van der Waals surface area contributed by atoms with Gasteiger partial charge in [-0.2, -0.15) is 0 Å². The molecule has 0 saturated heterocycles. The summed E-state index contributed by atoms with van der Waals surface area (Å²) in [6.45, 7) is 7.98. The molecule has 1 unspecified atom stereocenters. The number of nitrogens with zero attached hydrogens (tertiary/aromatic N) is 2. The van der Waals surface area contributed by atoms with Gasteiger partial charge in [-0.1, -0.05) is 13.3 Å². The molecule has 1 aromatic carbocycles. The Morgan fingerprint density at radius 1 is 1.41 bits per heavy atom. The van der Waals surface area contributed by atoms with Gasteiger partial charge in [-0.3, -0.25) is 9.69 Å². The highest BCUT2D eigenvalue weighted by Crippen LogP contribution is 2.38. The molecule has 0 fully saturated rings. The monoisotopic (exact) mass is 388 g/mol. The maximum Gasteiger partial charge on any atom is 0.328 e. The van der Waals surface area contributed by atoms with Crippen molar-refractivity contribution in [2.45, 2.75) is 46.6 Å². The molecular formula is C20H24N2O4S. The second-order valence-corrected chi connectivity index (χ2v) is 7.98. The summed E-state index contributed by atoms with van der Waals surface area (Å²) in [5, 5.41) is 0.984. The Bertz CT molecular complexity index is 862. The van der Waals surface area contributed by atoms with Crippen molar-refractivity contribution in [3.05, 3.63) is 28.1 Å². The summed E-state index contributed by atoms with van der Waals surface area (Å²) in [4.78, 5) is 32.1. The van der Waals surface area contributed by atoms with Crippen LogP contribution in [0.5, 0.6) is 5.75 Å². The largest absolute Gasteiger partial charge is 0.482 e. The lowest BCUT2D eigenvalue weighted by molar-refractivity contribution is -0.146. The average molecular weight is 388 g/mol. The van der Waals surface area contributed by atoms with Crippen molar-refractivity contribution in [2.75, 3.05) is 18.1 Å². The summed E-state index contributed by atoms with van der Waals surface area (Å²) in [7, 11) is 0. The molecule has 1 amide bonds. The Balaban J connectivity index is 1.93. The third kappa shape index (κ3) is 3.98. The summed E-state index contributed by atoms with van der Waals surface area (Å²) in [5.74, 6) is -0.0855. The molecule has 27 heavy (non-hydrogen) atoms. The molecule has 0 bridgehead atoms. The highest BCUT2D eigenvalue weighted by atomic mass is 32.1. The lowest BCUT2D eigenvalue weighted by atomic mass is 10.1. The number of unbranched alkanes of at least 4 members (excludes halogenated alkanes) is 1. The van der Waals surface area contributed by atoms with E-state index in [1.165, 1.54) is 4.90 Å². The first-order valence-electron chi connectivity index (χ1n) is 9.12. The number of carbonyl (C=O) groups excluding carboxylic acids is 2. The number of anilines is 1. The number of carbonyl (C=O) groups is 2. The molecule has 3 rings (SSSR count). The van der Waals surface area contributed by atoms with Crippen LogP contribution in [0.1, 0.15) is 36.6 Å². The SMILES string of the molecule is CCCCOC(=O)C(C)N1C(=O)COc2ccc(-c3nc(C)sc3C)cc21. The predicted molar refractivity (Wildman–Crippen MR) is 105 cm³/mol. The summed E-state index contributed by atoms with van der Waals surface area (Å²) < 4.78 is 10.9. The fraction of sp³-hybridized carbons (Fsp3) is 0.450. The van der Waals surface area contributed by atoms with Crippen LogP contribution in [-0.2, 0) is 14.3 Å². The van der Waals surface area contributed by atoms with Crippen LogP contribution in [0.4, 0.5) is 5.69 Å². The van der Waals surface area contributed by atoms with Crippen LogP contribution in [0.2, 0.25) is 0 Å². The number of fused-ring (bicyclic) bond motifs is 1. The number of thiazole rings is 1. The molecule has 0 N–H and O–H groups in total. The van der Waals surface area contributed by atoms with Crippen LogP contribution >= 0.6 is 11.3 Å². The molecule has 6 nitrogen and oxygen atoms in total. The summed E-state index contributed by atoms with van der Waals surface area (Å²) in [6.07, 6.45) is 1.75. The van der Waals surface area contributed by atoms with Gasteiger partial charge in [0.2, 0.25) is 0 Å². The van der Waals surface area contributed by atoms with E-state index in [9.17, 15) is 9.59 Å². The van der Waals surface area contributed by atoms with Crippen molar-refractivity contribution < 1.29 is 19.1 Å². The van der Waals surface area contributed by atoms with Gasteiger partial charge in [-0.15, -0.1) is 11.3 Å². The highest BCUT2D eigenvalue weighted by molar-refractivity contribution is 7.11. The number of ether oxygens (including phenoxy) is 2. The summed E-state index contributed by atoms with van der Waals surface area (Å²) >= 11 is 1.63. The third-order valence-electron chi connectivity index (χ3n) is 4.49. The van der Waals surface area contributed by atoms with E-state index in [-0.39, 0.29) is 12.5 Å². The van der Waals surface area contributed by atoms with Crippen molar-refractivity contribution in [1.29, 1.82) is 0 Å². The molecule has 144 valence electrons. The molecule has 1 atom stereocenters. The fourth-order valence-corrected chi connectivity index (χ4v) is 3.92. The lowest BCUT2D eigenvalue weighted by Crippen LogP contribution is -2.48. The minimum Gasteiger partial charge on any atom is -0.482 e. The number of benzene rings is 1. The Labute approximate surface area is 163 Å². The normalized spacial score (nSPS) is 14.5. The van der Waals surface area contributed by atoms with Crippen molar-refractivity contribution in [3.63, 3.8) is 0 Å². The predicted octanol–water partition coefficient (Wildman–Crippen LogP) is 3.88. The summed E-state index contributed by atoms with van der Waals surface area (Å²) in [6, 6.07) is 4.90. The quantitative estimate of drug-likeness (QED) is 0.555. The van der Waals surface area contributed by atoms with Crippen LogP contribution in [0.3, 0.4) is 0 Å². The van der Waals surface area contributed by atoms with Crippen LogP contribution in [0, 0.1) is 13.8 Å². The molecule has 2 heterocycles. The van der Waals surface area contributed by atoms with Gasteiger partial charge in [0.15, 0.2) is 6.61 Å². The Hall–Kier alpha value is -2.41. The van der Waals surface area contributed by atoms with E-state index in [0.717, 1.165) is 34.0 Å². The van der Waals surface area contributed by atoms with Crippen LogP contribution in [0.15, 0.2) is 18.2 Å². The van der Waals surface area contributed by atoms with Gasteiger partial charge in [0.25, 0.3) is 5.91 Å². The van der Waals surface area contributed by atoms with Crippen LogP contribution < -0.4 is 9.64 Å². The van der Waals surface area contributed by atoms with Gasteiger partial charge >= 0.3 is 5.97 Å².